The van der Waals surface area contributed by atoms with E-state index in [0.29, 0.717) is 17.2 Å². The van der Waals surface area contributed by atoms with Crippen molar-refractivity contribution in [2.75, 3.05) is 35.4 Å². The average Bonchev–Trinajstić information content (AvgIpc) is 2.34. The molecule has 5 heteroatoms. The zero-order valence-corrected chi connectivity index (χ0v) is 10.9. The molecule has 0 bridgehead atoms. The van der Waals surface area contributed by atoms with Crippen LogP contribution in [0.15, 0.2) is 17.2 Å². The Morgan fingerprint density at radius 1 is 1.00 bits per heavy atom. The van der Waals surface area contributed by atoms with Gasteiger partial charge in [-0.15, -0.1) is 0 Å². The van der Waals surface area contributed by atoms with Gasteiger partial charge >= 0.3 is 0 Å². The minimum absolute atomic E-state index is 0.581. The first-order chi connectivity index (χ1) is 8.12. The zero-order chi connectivity index (χ0) is 12.8. The molecule has 0 aliphatic rings. The molecule has 0 radical (unpaired) electrons. The van der Waals surface area contributed by atoms with Crippen LogP contribution in [0.4, 0.5) is 0 Å². The van der Waals surface area contributed by atoms with Crippen LogP contribution in [0.1, 0.15) is 5.56 Å². The second kappa shape index (κ2) is 5.98. The molecular weight excluding hydrogens is 220 g/mol. The van der Waals surface area contributed by atoms with E-state index >= 15 is 0 Å². The number of hydrogen-bond donors (Lipinski definition) is 0. The molecule has 0 aliphatic carbocycles. The third-order valence-corrected chi connectivity index (χ3v) is 2.12. The first-order valence-electron chi connectivity index (χ1n) is 5.13. The molecule has 1 rings (SSSR count). The topological polar surface area (TPSA) is 43.3 Å². The van der Waals surface area contributed by atoms with Gasteiger partial charge in [0.25, 0.3) is 0 Å². The van der Waals surface area contributed by atoms with Crippen LogP contribution in [0.3, 0.4) is 0 Å². The van der Waals surface area contributed by atoms with E-state index in [2.05, 4.69) is 5.10 Å². The molecule has 1 aromatic rings. The lowest BCUT2D eigenvalue weighted by molar-refractivity contribution is 0.324. The number of nitrogens with zero attached hydrogens (tertiary/aromatic N) is 2. The van der Waals surface area contributed by atoms with Crippen molar-refractivity contribution >= 4 is 6.21 Å². The summed E-state index contributed by atoms with van der Waals surface area (Å²) in [5.41, 5.74) is 0.883. The third kappa shape index (κ3) is 3.27. The summed E-state index contributed by atoms with van der Waals surface area (Å²) in [5.74, 6) is 1.82. The highest BCUT2D eigenvalue weighted by molar-refractivity contribution is 5.82. The number of ether oxygens (including phenoxy) is 3. The maximum atomic E-state index is 5.25. The zero-order valence-electron chi connectivity index (χ0n) is 10.9. The number of hydrazone groups is 1. The lowest BCUT2D eigenvalue weighted by Gasteiger charge is -2.12. The van der Waals surface area contributed by atoms with Gasteiger partial charge in [0.15, 0.2) is 11.5 Å². The quantitative estimate of drug-likeness (QED) is 0.577. The van der Waals surface area contributed by atoms with Crippen molar-refractivity contribution in [1.82, 2.24) is 5.01 Å². The second-order valence-electron chi connectivity index (χ2n) is 3.55. The molecule has 17 heavy (non-hydrogen) atoms. The smallest absolute Gasteiger partial charge is 0.203 e. The molecule has 0 spiro atoms. The third-order valence-electron chi connectivity index (χ3n) is 2.12. The van der Waals surface area contributed by atoms with E-state index in [-0.39, 0.29) is 0 Å². The van der Waals surface area contributed by atoms with Gasteiger partial charge in [-0.1, -0.05) is 0 Å². The van der Waals surface area contributed by atoms with Crippen LogP contribution in [0.5, 0.6) is 17.2 Å². The molecule has 0 saturated heterocycles. The first kappa shape index (κ1) is 13.2. The maximum Gasteiger partial charge on any atom is 0.203 e. The van der Waals surface area contributed by atoms with Gasteiger partial charge in [0.2, 0.25) is 5.75 Å². The van der Waals surface area contributed by atoms with E-state index < -0.39 is 0 Å². The van der Waals surface area contributed by atoms with Gasteiger partial charge in [-0.05, 0) is 12.1 Å². The monoisotopic (exact) mass is 238 g/mol. The van der Waals surface area contributed by atoms with Crippen molar-refractivity contribution in [1.29, 1.82) is 0 Å². The standard InChI is InChI=1S/C12H18N2O3/c1-14(2)13-8-9-6-10(15-3)12(17-5)11(7-9)16-4/h6-8H,1-5H3/b13-8-. The van der Waals surface area contributed by atoms with E-state index in [1.165, 1.54) is 0 Å². The number of hydrogen-bond acceptors (Lipinski definition) is 5. The Labute approximate surface area is 102 Å². The molecule has 0 aliphatic heterocycles. The average molecular weight is 238 g/mol. The highest BCUT2D eigenvalue weighted by Gasteiger charge is 2.12. The van der Waals surface area contributed by atoms with Crippen LogP contribution in [-0.2, 0) is 0 Å². The van der Waals surface area contributed by atoms with E-state index in [1.54, 1.807) is 32.6 Å². The molecule has 0 fully saturated rings. The van der Waals surface area contributed by atoms with Gasteiger partial charge in [0.05, 0.1) is 27.5 Å². The molecule has 0 aromatic heterocycles. The molecule has 0 unspecified atom stereocenters. The Morgan fingerprint density at radius 2 is 1.53 bits per heavy atom. The normalized spacial score (nSPS) is 10.4. The molecule has 0 atom stereocenters. The number of benzene rings is 1. The Hall–Kier alpha value is -1.91. The summed E-state index contributed by atoms with van der Waals surface area (Å²) >= 11 is 0. The number of methoxy groups -OCH3 is 3. The van der Waals surface area contributed by atoms with Crippen molar-refractivity contribution in [3.63, 3.8) is 0 Å². The van der Waals surface area contributed by atoms with Crippen LogP contribution in [0.2, 0.25) is 0 Å². The fourth-order valence-corrected chi connectivity index (χ4v) is 1.36. The van der Waals surface area contributed by atoms with E-state index in [0.717, 1.165) is 5.56 Å². The molecule has 0 heterocycles. The summed E-state index contributed by atoms with van der Waals surface area (Å²) in [4.78, 5) is 0. The molecular formula is C12H18N2O3. The van der Waals surface area contributed by atoms with Crippen LogP contribution in [-0.4, -0.2) is 46.6 Å². The molecule has 5 nitrogen and oxygen atoms in total. The Morgan fingerprint density at radius 3 is 1.88 bits per heavy atom. The highest BCUT2D eigenvalue weighted by atomic mass is 16.5. The largest absolute Gasteiger partial charge is 0.493 e. The second-order valence-corrected chi connectivity index (χ2v) is 3.55. The molecule has 0 amide bonds. The molecule has 0 saturated carbocycles. The van der Waals surface area contributed by atoms with Crippen molar-refractivity contribution in [3.05, 3.63) is 17.7 Å². The van der Waals surface area contributed by atoms with Gasteiger partial charge in [-0.2, -0.15) is 5.10 Å². The minimum Gasteiger partial charge on any atom is -0.493 e. The Balaban J connectivity index is 3.17. The summed E-state index contributed by atoms with van der Waals surface area (Å²) in [7, 11) is 8.46. The summed E-state index contributed by atoms with van der Waals surface area (Å²) < 4.78 is 15.7. The summed E-state index contributed by atoms with van der Waals surface area (Å²) in [5, 5.41) is 5.87. The van der Waals surface area contributed by atoms with E-state index in [9.17, 15) is 0 Å². The van der Waals surface area contributed by atoms with Crippen LogP contribution in [0.25, 0.3) is 0 Å². The number of rotatable bonds is 5. The Bertz CT molecular complexity index is 378. The van der Waals surface area contributed by atoms with E-state index in [4.69, 9.17) is 14.2 Å². The summed E-state index contributed by atoms with van der Waals surface area (Å²) in [6.45, 7) is 0. The lowest BCUT2D eigenvalue weighted by atomic mass is 10.2. The van der Waals surface area contributed by atoms with Gasteiger partial charge in [0, 0.05) is 19.7 Å². The van der Waals surface area contributed by atoms with Gasteiger partial charge in [-0.3, -0.25) is 0 Å². The van der Waals surface area contributed by atoms with Gasteiger partial charge < -0.3 is 19.2 Å². The SMILES string of the molecule is COc1cc(/C=N\N(C)C)cc(OC)c1OC. The highest BCUT2D eigenvalue weighted by Crippen LogP contribution is 2.37. The van der Waals surface area contributed by atoms with Crippen LogP contribution >= 0.6 is 0 Å². The lowest BCUT2D eigenvalue weighted by Crippen LogP contribution is -2.02. The predicted octanol–water partition coefficient (Wildman–Crippen LogP) is 1.61. The fraction of sp³-hybridized carbons (Fsp3) is 0.417. The van der Waals surface area contributed by atoms with Crippen LogP contribution in [0, 0.1) is 0 Å². The summed E-state index contributed by atoms with van der Waals surface area (Å²) in [6, 6.07) is 3.68. The maximum absolute atomic E-state index is 5.25. The predicted molar refractivity (Wildman–Crippen MR) is 67.4 cm³/mol. The fourth-order valence-electron chi connectivity index (χ4n) is 1.36. The van der Waals surface area contributed by atoms with Gasteiger partial charge in [-0.25, -0.2) is 0 Å². The van der Waals surface area contributed by atoms with Crippen molar-refractivity contribution in [3.8, 4) is 17.2 Å². The minimum atomic E-state index is 0.581. The summed E-state index contributed by atoms with van der Waals surface area (Å²) in [6.07, 6.45) is 1.73. The van der Waals surface area contributed by atoms with Crippen molar-refractivity contribution < 1.29 is 14.2 Å². The van der Waals surface area contributed by atoms with Crippen molar-refractivity contribution in [2.24, 2.45) is 5.10 Å². The Kier molecular flexibility index (Phi) is 4.63. The van der Waals surface area contributed by atoms with Crippen molar-refractivity contribution in [2.45, 2.75) is 0 Å². The first-order valence-corrected chi connectivity index (χ1v) is 5.13. The van der Waals surface area contributed by atoms with Crippen LogP contribution < -0.4 is 14.2 Å². The molecule has 94 valence electrons. The molecule has 0 N–H and O–H groups in total. The van der Waals surface area contributed by atoms with Gasteiger partial charge in [0.1, 0.15) is 0 Å². The van der Waals surface area contributed by atoms with E-state index in [1.807, 2.05) is 26.2 Å². The molecule has 1 aromatic carbocycles.